The predicted octanol–water partition coefficient (Wildman–Crippen LogP) is 12.4. The van der Waals surface area contributed by atoms with Gasteiger partial charge in [-0.25, -0.2) is 4.39 Å². The van der Waals surface area contributed by atoms with Crippen LogP contribution in [0, 0.1) is 5.82 Å². The molecule has 0 unspecified atom stereocenters. The van der Waals surface area contributed by atoms with Gasteiger partial charge in [-0.2, -0.15) is 0 Å². The number of nitrogens with zero attached hydrogens (tertiary/aromatic N) is 2. The van der Waals surface area contributed by atoms with Crippen molar-refractivity contribution in [3.63, 3.8) is 0 Å². The number of nitrogens with one attached hydrogen (secondary N) is 2. The monoisotopic (exact) mass is 905 g/mol. The second-order valence-electron chi connectivity index (χ2n) is 18.6. The topological polar surface area (TPSA) is 124 Å². The molecule has 4 aromatic rings. The molecule has 3 aromatic carbocycles. The average molecular weight is 905 g/mol. The molecule has 3 amide bonds. The molecule has 0 bridgehead atoms. The fraction of sp³-hybridized carbons (Fsp3) is 0.518. The van der Waals surface area contributed by atoms with Gasteiger partial charge in [0.25, 0.3) is 5.91 Å². The molecule has 0 spiro atoms. The molecule has 4 N–H and O–H groups in total. The Balaban J connectivity index is 1.08. The minimum Gasteiger partial charge on any atom is -0.393 e. The van der Waals surface area contributed by atoms with Gasteiger partial charge in [-0.05, 0) is 111 Å². The van der Waals surface area contributed by atoms with Crippen molar-refractivity contribution in [2.75, 3.05) is 18.4 Å². The number of allylic oxidation sites excluding steroid dienone is 2. The number of para-hydroxylation sites is 1. The van der Waals surface area contributed by atoms with Gasteiger partial charge in [0.05, 0.1) is 29.9 Å². The Morgan fingerprint density at radius 2 is 1.33 bits per heavy atom. The van der Waals surface area contributed by atoms with Crippen molar-refractivity contribution in [1.29, 1.82) is 0 Å². The summed E-state index contributed by atoms with van der Waals surface area (Å²) in [6.45, 7) is 7.81. The van der Waals surface area contributed by atoms with Crippen LogP contribution in [0.1, 0.15) is 165 Å². The smallest absolute Gasteiger partial charge is 0.258 e. The van der Waals surface area contributed by atoms with E-state index in [1.807, 2.05) is 79.4 Å². The standard InChI is InChI=1S/C56H77FN4O5/c1-4-5-6-7-8-9-10-11-12-13-14-15-16-17-24-29-51(65)60-37-34-47(35-38-60)58-50(64)41-49(63)40-48(62)36-39-61-54(42(2)3)53(56(66)59-46-27-22-19-23-28-46)52(43-25-20-18-21-26-43)55(61)44-30-32-45(57)33-31-44/h11-12,18-23,25-28,30-33,42,47-49,62-63H,4-10,13-17,24,29,34-41H2,1-3H3,(H,58,64)(H,59,66)/t48-,49-/m1/s1. The highest BCUT2D eigenvalue weighted by Crippen LogP contribution is 2.43. The Labute approximate surface area is 394 Å². The van der Waals surface area contributed by atoms with Crippen molar-refractivity contribution in [2.45, 2.75) is 173 Å². The average Bonchev–Trinajstić information content (AvgIpc) is 3.66. The van der Waals surface area contributed by atoms with E-state index in [0.717, 1.165) is 48.2 Å². The third-order valence-electron chi connectivity index (χ3n) is 12.8. The number of aromatic nitrogens is 1. The molecule has 5 rings (SSSR count). The lowest BCUT2D eigenvalue weighted by molar-refractivity contribution is -0.132. The molecule has 1 saturated heterocycles. The minimum atomic E-state index is -1.06. The number of rotatable bonds is 28. The fourth-order valence-electron chi connectivity index (χ4n) is 9.28. The number of hydrogen-bond donors (Lipinski definition) is 4. The highest BCUT2D eigenvalue weighted by molar-refractivity contribution is 6.12. The Kier molecular flexibility index (Phi) is 22.2. The van der Waals surface area contributed by atoms with Crippen LogP contribution in [-0.4, -0.2) is 68.7 Å². The Morgan fingerprint density at radius 1 is 0.742 bits per heavy atom. The summed E-state index contributed by atoms with van der Waals surface area (Å²) in [7, 11) is 0. The van der Waals surface area contributed by atoms with Gasteiger partial charge in [0, 0.05) is 49.0 Å². The number of unbranched alkanes of at least 4 members (excludes halogenated alkanes) is 11. The summed E-state index contributed by atoms with van der Waals surface area (Å²) in [5.41, 5.74) is 4.90. The number of anilines is 1. The van der Waals surface area contributed by atoms with Crippen LogP contribution < -0.4 is 10.6 Å². The molecule has 0 aliphatic carbocycles. The second-order valence-corrected chi connectivity index (χ2v) is 18.6. The van der Waals surface area contributed by atoms with Gasteiger partial charge in [-0.15, -0.1) is 0 Å². The van der Waals surface area contributed by atoms with E-state index >= 15 is 0 Å². The van der Waals surface area contributed by atoms with Crippen LogP contribution in [0.3, 0.4) is 0 Å². The van der Waals surface area contributed by atoms with Crippen LogP contribution in [0.2, 0.25) is 0 Å². The molecule has 358 valence electrons. The molecule has 9 nitrogen and oxygen atoms in total. The summed E-state index contributed by atoms with van der Waals surface area (Å²) < 4.78 is 16.4. The van der Waals surface area contributed by atoms with Crippen molar-refractivity contribution in [3.05, 3.63) is 114 Å². The van der Waals surface area contributed by atoms with Gasteiger partial charge in [0.1, 0.15) is 5.82 Å². The van der Waals surface area contributed by atoms with E-state index in [1.165, 1.54) is 69.9 Å². The quantitative estimate of drug-likeness (QED) is 0.0334. The van der Waals surface area contributed by atoms with Gasteiger partial charge in [-0.1, -0.05) is 133 Å². The summed E-state index contributed by atoms with van der Waals surface area (Å²) >= 11 is 0. The molecule has 0 radical (unpaired) electrons. The third kappa shape index (κ3) is 16.7. The zero-order valence-electron chi connectivity index (χ0n) is 40.0. The third-order valence-corrected chi connectivity index (χ3v) is 12.8. The number of halogens is 1. The largest absolute Gasteiger partial charge is 0.393 e. The van der Waals surface area contributed by atoms with Crippen molar-refractivity contribution in [2.24, 2.45) is 0 Å². The highest BCUT2D eigenvalue weighted by atomic mass is 19.1. The molecule has 0 saturated carbocycles. The van der Waals surface area contributed by atoms with E-state index in [1.54, 1.807) is 12.1 Å². The van der Waals surface area contributed by atoms with E-state index in [4.69, 9.17) is 0 Å². The van der Waals surface area contributed by atoms with Crippen LogP contribution in [0.25, 0.3) is 22.4 Å². The first kappa shape index (κ1) is 51.9. The molecule has 1 fully saturated rings. The lowest BCUT2D eigenvalue weighted by Crippen LogP contribution is -2.47. The second kappa shape index (κ2) is 28.2. The van der Waals surface area contributed by atoms with Gasteiger partial charge >= 0.3 is 0 Å². The summed E-state index contributed by atoms with van der Waals surface area (Å²) in [6.07, 6.45) is 20.6. The van der Waals surface area contributed by atoms with E-state index in [0.29, 0.717) is 55.7 Å². The number of benzene rings is 3. The van der Waals surface area contributed by atoms with E-state index in [-0.39, 0.29) is 54.8 Å². The zero-order valence-corrected chi connectivity index (χ0v) is 40.0. The van der Waals surface area contributed by atoms with Gasteiger partial charge in [-0.3, -0.25) is 14.4 Å². The number of aliphatic hydroxyl groups excluding tert-OH is 2. The number of hydrogen-bond acceptors (Lipinski definition) is 5. The first-order valence-electron chi connectivity index (χ1n) is 25.1. The first-order chi connectivity index (χ1) is 32.0. The summed E-state index contributed by atoms with van der Waals surface area (Å²) in [4.78, 5) is 42.3. The van der Waals surface area contributed by atoms with E-state index < -0.39 is 12.2 Å². The number of amides is 3. The molecule has 2 heterocycles. The van der Waals surface area contributed by atoms with Gasteiger partial charge < -0.3 is 30.3 Å². The molecule has 66 heavy (non-hydrogen) atoms. The van der Waals surface area contributed by atoms with Crippen LogP contribution in [0.4, 0.5) is 10.1 Å². The van der Waals surface area contributed by atoms with Gasteiger partial charge in [0.2, 0.25) is 11.8 Å². The SMILES string of the molecule is CCCCCCCCC=CCCCCCCCC(=O)N1CCC(NC(=O)C[C@H](O)C[C@H](O)CCn2c(-c3ccc(F)cc3)c(-c3ccccc3)c(C(=O)Nc3ccccc3)c2C(C)C)CC1. The Bertz CT molecular complexity index is 2080. The molecule has 1 aliphatic rings. The van der Waals surface area contributed by atoms with E-state index in [2.05, 4.69) is 34.3 Å². The number of carbonyl (C=O) groups is 3. The molecule has 1 aromatic heterocycles. The van der Waals surface area contributed by atoms with Crippen LogP contribution in [-0.2, 0) is 16.1 Å². The van der Waals surface area contributed by atoms with Crippen molar-refractivity contribution in [1.82, 2.24) is 14.8 Å². The highest BCUT2D eigenvalue weighted by Gasteiger charge is 2.31. The molecule has 10 heteroatoms. The lowest BCUT2D eigenvalue weighted by atomic mass is 9.94. The number of likely N-dealkylation sites (tertiary alicyclic amines) is 1. The maximum Gasteiger partial charge on any atom is 0.258 e. The molecular weight excluding hydrogens is 828 g/mol. The van der Waals surface area contributed by atoms with Crippen LogP contribution in [0.5, 0.6) is 0 Å². The molecular formula is C56H77FN4O5. The van der Waals surface area contributed by atoms with Crippen LogP contribution >= 0.6 is 0 Å². The predicted molar refractivity (Wildman–Crippen MR) is 267 cm³/mol. The lowest BCUT2D eigenvalue weighted by Gasteiger charge is -2.32. The first-order valence-corrected chi connectivity index (χ1v) is 25.1. The molecule has 2 atom stereocenters. The summed E-state index contributed by atoms with van der Waals surface area (Å²) in [6, 6.07) is 25.1. The number of aliphatic hydroxyl groups is 2. The maximum atomic E-state index is 14.4. The Hall–Kier alpha value is -5.06. The van der Waals surface area contributed by atoms with Crippen molar-refractivity contribution in [3.8, 4) is 22.4 Å². The van der Waals surface area contributed by atoms with Crippen LogP contribution in [0.15, 0.2) is 97.1 Å². The molecule has 1 aliphatic heterocycles. The van der Waals surface area contributed by atoms with Crippen molar-refractivity contribution < 1.29 is 29.0 Å². The van der Waals surface area contributed by atoms with Gasteiger partial charge in [0.15, 0.2) is 0 Å². The summed E-state index contributed by atoms with van der Waals surface area (Å²) in [5.74, 6) is -0.863. The zero-order chi connectivity index (χ0) is 47.1. The maximum absolute atomic E-state index is 14.4. The summed E-state index contributed by atoms with van der Waals surface area (Å²) in [5, 5.41) is 28.5. The van der Waals surface area contributed by atoms with Crippen molar-refractivity contribution >= 4 is 23.4 Å². The Morgan fingerprint density at radius 3 is 1.95 bits per heavy atom. The number of piperidine rings is 1. The normalized spacial score (nSPS) is 14.2. The number of carbonyl (C=O) groups excluding carboxylic acids is 3. The fourth-order valence-corrected chi connectivity index (χ4v) is 9.28. The van der Waals surface area contributed by atoms with E-state index in [9.17, 15) is 29.0 Å². The minimum absolute atomic E-state index is 0.00617.